The Bertz CT molecular complexity index is 444. The van der Waals surface area contributed by atoms with Gasteiger partial charge in [-0.15, -0.1) is 0 Å². The Hall–Kier alpha value is -1.28. The van der Waals surface area contributed by atoms with Crippen LogP contribution in [0.15, 0.2) is 30.0 Å². The zero-order valence-electron chi connectivity index (χ0n) is 10.8. The molecule has 0 amide bonds. The Labute approximate surface area is 103 Å². The number of allylic oxidation sites excluding steroid dienone is 1. The molecule has 1 N–H and O–H groups in total. The summed E-state index contributed by atoms with van der Waals surface area (Å²) in [6.07, 6.45) is 4.02. The van der Waals surface area contributed by atoms with Crippen LogP contribution >= 0.6 is 0 Å². The van der Waals surface area contributed by atoms with Gasteiger partial charge in [-0.2, -0.15) is 0 Å². The lowest BCUT2D eigenvalue weighted by atomic mass is 9.88. The molecule has 1 aromatic rings. The second-order valence-corrected chi connectivity index (χ2v) is 4.95. The first-order valence-electron chi connectivity index (χ1n) is 6.15. The largest absolute Gasteiger partial charge is 0.495 e. The zero-order valence-corrected chi connectivity index (χ0v) is 10.8. The van der Waals surface area contributed by atoms with E-state index >= 15 is 0 Å². The predicted molar refractivity (Wildman–Crippen MR) is 68.8 cm³/mol. The minimum absolute atomic E-state index is 0.692. The summed E-state index contributed by atoms with van der Waals surface area (Å²) < 4.78 is 5.60. The van der Waals surface area contributed by atoms with Crippen LogP contribution in [0.4, 0.5) is 0 Å². The van der Waals surface area contributed by atoms with Crippen molar-refractivity contribution in [1.82, 2.24) is 0 Å². The summed E-state index contributed by atoms with van der Waals surface area (Å²) >= 11 is 0. The van der Waals surface area contributed by atoms with Crippen LogP contribution in [0.3, 0.4) is 0 Å². The Balaban J connectivity index is 2.42. The number of rotatable bonds is 2. The molecule has 1 atom stereocenters. The van der Waals surface area contributed by atoms with Gasteiger partial charge in [0, 0.05) is 0 Å². The molecule has 0 aromatic heterocycles. The van der Waals surface area contributed by atoms with Crippen LogP contribution in [0.1, 0.15) is 36.5 Å². The molecule has 1 aromatic carbocycles. The summed E-state index contributed by atoms with van der Waals surface area (Å²) in [6, 6.07) is 6.14. The minimum atomic E-state index is -1.02. The van der Waals surface area contributed by atoms with Crippen LogP contribution in [0.5, 0.6) is 0 Å². The van der Waals surface area contributed by atoms with E-state index in [0.29, 0.717) is 12.4 Å². The first-order valence-corrected chi connectivity index (χ1v) is 6.15. The Kier molecular flexibility index (Phi) is 3.25. The normalized spacial score (nSPS) is 19.2. The maximum Gasteiger partial charge on any atom is 0.143 e. The maximum absolute atomic E-state index is 10.7. The Morgan fingerprint density at radius 3 is 2.71 bits per heavy atom. The quantitative estimate of drug-likeness (QED) is 0.848. The van der Waals surface area contributed by atoms with Crippen LogP contribution in [-0.2, 0) is 10.3 Å². The molecule has 0 saturated heterocycles. The van der Waals surface area contributed by atoms with Crippen molar-refractivity contribution in [2.45, 2.75) is 39.2 Å². The van der Waals surface area contributed by atoms with E-state index in [-0.39, 0.29) is 0 Å². The third-order valence-corrected chi connectivity index (χ3v) is 3.33. The van der Waals surface area contributed by atoms with Crippen molar-refractivity contribution in [1.29, 1.82) is 0 Å². The van der Waals surface area contributed by atoms with Gasteiger partial charge in [-0.3, -0.25) is 0 Å². The van der Waals surface area contributed by atoms with Gasteiger partial charge in [-0.25, -0.2) is 0 Å². The zero-order chi connectivity index (χ0) is 12.5. The maximum atomic E-state index is 10.7. The van der Waals surface area contributed by atoms with E-state index in [1.54, 1.807) is 0 Å². The van der Waals surface area contributed by atoms with E-state index in [2.05, 4.69) is 6.07 Å². The molecule has 0 aliphatic carbocycles. The second kappa shape index (κ2) is 4.53. The number of hydrogen-bond acceptors (Lipinski definition) is 2. The van der Waals surface area contributed by atoms with Crippen LogP contribution < -0.4 is 0 Å². The predicted octanol–water partition coefficient (Wildman–Crippen LogP) is 3.21. The van der Waals surface area contributed by atoms with Gasteiger partial charge in [0.25, 0.3) is 0 Å². The SMILES string of the molecule is Cc1ccc(C)c(C(C)(O)C2=CCCCO2)c1. The van der Waals surface area contributed by atoms with Crippen molar-refractivity contribution in [3.8, 4) is 0 Å². The van der Waals surface area contributed by atoms with Gasteiger partial charge in [-0.05, 0) is 50.8 Å². The first kappa shape index (κ1) is 12.2. The highest BCUT2D eigenvalue weighted by atomic mass is 16.5. The number of aryl methyl sites for hydroxylation is 2. The molecule has 2 nitrogen and oxygen atoms in total. The molecule has 0 radical (unpaired) electrons. The fourth-order valence-electron chi connectivity index (χ4n) is 2.29. The third-order valence-electron chi connectivity index (χ3n) is 3.33. The molecule has 0 spiro atoms. The molecule has 1 aliphatic rings. The van der Waals surface area contributed by atoms with Gasteiger partial charge in [0.15, 0.2) is 0 Å². The van der Waals surface area contributed by atoms with Crippen molar-refractivity contribution in [3.63, 3.8) is 0 Å². The van der Waals surface area contributed by atoms with Gasteiger partial charge in [0.1, 0.15) is 11.4 Å². The van der Waals surface area contributed by atoms with E-state index in [0.717, 1.165) is 29.5 Å². The molecule has 0 fully saturated rings. The van der Waals surface area contributed by atoms with Crippen molar-refractivity contribution < 1.29 is 9.84 Å². The molecular weight excluding hydrogens is 212 g/mol. The Morgan fingerprint density at radius 2 is 2.06 bits per heavy atom. The fraction of sp³-hybridized carbons (Fsp3) is 0.467. The highest BCUT2D eigenvalue weighted by Crippen LogP contribution is 2.34. The molecule has 17 heavy (non-hydrogen) atoms. The molecule has 1 heterocycles. The molecule has 1 aliphatic heterocycles. The van der Waals surface area contributed by atoms with Gasteiger partial charge < -0.3 is 9.84 Å². The lowest BCUT2D eigenvalue weighted by Crippen LogP contribution is -2.28. The van der Waals surface area contributed by atoms with E-state index in [9.17, 15) is 5.11 Å². The van der Waals surface area contributed by atoms with Crippen molar-refractivity contribution >= 4 is 0 Å². The van der Waals surface area contributed by atoms with Crippen molar-refractivity contribution in [2.24, 2.45) is 0 Å². The van der Waals surface area contributed by atoms with E-state index in [1.165, 1.54) is 0 Å². The second-order valence-electron chi connectivity index (χ2n) is 4.95. The minimum Gasteiger partial charge on any atom is -0.495 e. The lowest BCUT2D eigenvalue weighted by molar-refractivity contribution is 0.0145. The summed E-state index contributed by atoms with van der Waals surface area (Å²) in [5, 5.41) is 10.7. The number of aliphatic hydroxyl groups is 1. The average Bonchev–Trinajstić information content (AvgIpc) is 2.33. The molecule has 0 saturated carbocycles. The summed E-state index contributed by atoms with van der Waals surface area (Å²) in [5.74, 6) is 0.692. The molecule has 0 bridgehead atoms. The Morgan fingerprint density at radius 1 is 1.29 bits per heavy atom. The van der Waals surface area contributed by atoms with E-state index in [4.69, 9.17) is 4.74 Å². The van der Waals surface area contributed by atoms with Crippen molar-refractivity contribution in [2.75, 3.05) is 6.61 Å². The smallest absolute Gasteiger partial charge is 0.143 e. The standard InChI is InChI=1S/C15H20O2/c1-11-7-8-12(2)13(10-11)15(3,16)14-6-4-5-9-17-14/h6-8,10,16H,4-5,9H2,1-3H3. The molecule has 1 unspecified atom stereocenters. The first-order chi connectivity index (χ1) is 8.01. The summed E-state index contributed by atoms with van der Waals surface area (Å²) in [7, 11) is 0. The summed E-state index contributed by atoms with van der Waals surface area (Å²) in [5.41, 5.74) is 2.17. The summed E-state index contributed by atoms with van der Waals surface area (Å²) in [4.78, 5) is 0. The monoisotopic (exact) mass is 232 g/mol. The average molecular weight is 232 g/mol. The van der Waals surface area contributed by atoms with Crippen LogP contribution in [0.25, 0.3) is 0 Å². The number of hydrogen-bond donors (Lipinski definition) is 1. The van der Waals surface area contributed by atoms with E-state index < -0.39 is 5.60 Å². The van der Waals surface area contributed by atoms with Crippen molar-refractivity contribution in [3.05, 3.63) is 46.7 Å². The molecular formula is C15H20O2. The van der Waals surface area contributed by atoms with Crippen LogP contribution in [-0.4, -0.2) is 11.7 Å². The molecule has 2 heteroatoms. The molecule has 92 valence electrons. The van der Waals surface area contributed by atoms with Gasteiger partial charge in [0.2, 0.25) is 0 Å². The summed E-state index contributed by atoms with van der Waals surface area (Å²) in [6.45, 7) is 6.57. The van der Waals surface area contributed by atoms with Gasteiger partial charge >= 0.3 is 0 Å². The van der Waals surface area contributed by atoms with Crippen LogP contribution in [0.2, 0.25) is 0 Å². The highest BCUT2D eigenvalue weighted by molar-refractivity contribution is 5.39. The van der Waals surface area contributed by atoms with Gasteiger partial charge in [0.05, 0.1) is 6.61 Å². The molecule has 2 rings (SSSR count). The van der Waals surface area contributed by atoms with Gasteiger partial charge in [-0.1, -0.05) is 23.8 Å². The fourth-order valence-corrected chi connectivity index (χ4v) is 2.29. The highest BCUT2D eigenvalue weighted by Gasteiger charge is 2.32. The third kappa shape index (κ3) is 2.37. The topological polar surface area (TPSA) is 29.5 Å². The number of benzene rings is 1. The number of ether oxygens (including phenoxy) is 1. The van der Waals surface area contributed by atoms with Crippen LogP contribution in [0, 0.1) is 13.8 Å². The van der Waals surface area contributed by atoms with E-state index in [1.807, 2.05) is 39.0 Å². The lowest BCUT2D eigenvalue weighted by Gasteiger charge is -2.30.